The van der Waals surface area contributed by atoms with Crippen LogP contribution < -0.4 is 5.32 Å². The molecular formula is C16H23NO5. The minimum atomic E-state index is -1.07. The van der Waals surface area contributed by atoms with Crippen LogP contribution in [0.5, 0.6) is 0 Å². The van der Waals surface area contributed by atoms with E-state index in [-0.39, 0.29) is 13.2 Å². The predicted octanol–water partition coefficient (Wildman–Crippen LogP) is 2.31. The van der Waals surface area contributed by atoms with Crippen LogP contribution in [0.2, 0.25) is 0 Å². The Balaban J connectivity index is 2.29. The van der Waals surface area contributed by atoms with Gasteiger partial charge in [-0.25, -0.2) is 9.59 Å². The van der Waals surface area contributed by atoms with Crippen LogP contribution in [0.25, 0.3) is 0 Å². The van der Waals surface area contributed by atoms with E-state index in [1.165, 1.54) is 0 Å². The first-order chi connectivity index (χ1) is 10.6. The number of carboxylic acid groups (broad SMARTS) is 1. The number of rotatable bonds is 10. The van der Waals surface area contributed by atoms with Gasteiger partial charge in [0.15, 0.2) is 0 Å². The van der Waals surface area contributed by atoms with Crippen molar-refractivity contribution in [3.8, 4) is 0 Å². The van der Waals surface area contributed by atoms with Gasteiger partial charge in [0.25, 0.3) is 0 Å². The summed E-state index contributed by atoms with van der Waals surface area (Å²) in [4.78, 5) is 22.8. The number of carbonyl (C=O) groups excluding carboxylic acids is 1. The van der Waals surface area contributed by atoms with Gasteiger partial charge in [-0.3, -0.25) is 0 Å². The van der Waals surface area contributed by atoms with Crippen LogP contribution >= 0.6 is 0 Å². The van der Waals surface area contributed by atoms with Crippen LogP contribution in [-0.2, 0) is 16.1 Å². The van der Waals surface area contributed by atoms with Crippen LogP contribution in [0.3, 0.4) is 0 Å². The summed E-state index contributed by atoms with van der Waals surface area (Å²) in [5, 5.41) is 20.1. The van der Waals surface area contributed by atoms with E-state index < -0.39 is 18.1 Å². The Bertz CT molecular complexity index is 449. The highest BCUT2D eigenvalue weighted by atomic mass is 16.5. The molecule has 0 saturated carbocycles. The molecule has 122 valence electrons. The Morgan fingerprint density at radius 2 is 1.77 bits per heavy atom. The van der Waals surface area contributed by atoms with E-state index in [1.54, 1.807) is 0 Å². The summed E-state index contributed by atoms with van der Waals surface area (Å²) < 4.78 is 5.01. The lowest BCUT2D eigenvalue weighted by molar-refractivity contribution is -0.139. The Labute approximate surface area is 130 Å². The van der Waals surface area contributed by atoms with E-state index in [0.29, 0.717) is 19.3 Å². The van der Waals surface area contributed by atoms with E-state index in [9.17, 15) is 9.59 Å². The van der Waals surface area contributed by atoms with E-state index in [1.807, 2.05) is 30.3 Å². The average molecular weight is 309 g/mol. The Morgan fingerprint density at radius 1 is 1.09 bits per heavy atom. The molecule has 0 heterocycles. The molecule has 0 aliphatic rings. The number of aliphatic hydroxyl groups is 1. The SMILES string of the molecule is O=C(NC(CCCCCCO)C(=O)O)OCc1ccccc1. The van der Waals surface area contributed by atoms with Gasteiger partial charge in [-0.2, -0.15) is 0 Å². The van der Waals surface area contributed by atoms with Crippen molar-refractivity contribution in [1.82, 2.24) is 5.32 Å². The summed E-state index contributed by atoms with van der Waals surface area (Å²) in [5.74, 6) is -1.07. The molecule has 1 amide bonds. The first-order valence-electron chi connectivity index (χ1n) is 7.44. The minimum absolute atomic E-state index is 0.107. The first kappa shape index (κ1) is 18.0. The number of aliphatic carboxylic acids is 1. The van der Waals surface area contributed by atoms with E-state index >= 15 is 0 Å². The molecular weight excluding hydrogens is 286 g/mol. The lowest BCUT2D eigenvalue weighted by Crippen LogP contribution is -2.40. The highest BCUT2D eigenvalue weighted by Crippen LogP contribution is 2.07. The zero-order valence-electron chi connectivity index (χ0n) is 12.5. The maximum absolute atomic E-state index is 11.6. The molecule has 1 unspecified atom stereocenters. The van der Waals surface area contributed by atoms with Gasteiger partial charge in [0.2, 0.25) is 0 Å². The number of carbonyl (C=O) groups is 2. The number of aliphatic hydroxyl groups excluding tert-OH is 1. The molecule has 1 aromatic rings. The summed E-state index contributed by atoms with van der Waals surface area (Å²) in [5.41, 5.74) is 0.841. The quantitative estimate of drug-likeness (QED) is 0.576. The number of nitrogens with one attached hydrogen (secondary N) is 1. The zero-order valence-corrected chi connectivity index (χ0v) is 12.5. The van der Waals surface area contributed by atoms with Gasteiger partial charge in [-0.1, -0.05) is 49.6 Å². The highest BCUT2D eigenvalue weighted by molar-refractivity contribution is 5.79. The average Bonchev–Trinajstić information content (AvgIpc) is 2.52. The molecule has 3 N–H and O–H groups in total. The molecule has 0 aromatic heterocycles. The molecule has 0 aliphatic heterocycles. The molecule has 1 atom stereocenters. The second-order valence-electron chi connectivity index (χ2n) is 5.02. The summed E-state index contributed by atoms with van der Waals surface area (Å²) >= 11 is 0. The third kappa shape index (κ3) is 7.64. The van der Waals surface area contributed by atoms with Crippen molar-refractivity contribution < 1.29 is 24.5 Å². The fourth-order valence-electron chi connectivity index (χ4n) is 1.98. The monoisotopic (exact) mass is 309 g/mol. The highest BCUT2D eigenvalue weighted by Gasteiger charge is 2.20. The molecule has 0 fully saturated rings. The second-order valence-corrected chi connectivity index (χ2v) is 5.02. The number of ether oxygens (including phenoxy) is 1. The Morgan fingerprint density at radius 3 is 2.41 bits per heavy atom. The van der Waals surface area contributed by atoms with Crippen molar-refractivity contribution in [2.75, 3.05) is 6.61 Å². The molecule has 0 bridgehead atoms. The summed E-state index contributed by atoms with van der Waals surface area (Å²) in [6, 6.07) is 8.23. The number of benzene rings is 1. The van der Waals surface area contributed by atoms with Gasteiger partial charge in [0, 0.05) is 6.61 Å². The molecule has 22 heavy (non-hydrogen) atoms. The molecule has 0 spiro atoms. The van der Waals surface area contributed by atoms with E-state index in [2.05, 4.69) is 5.32 Å². The molecule has 0 saturated heterocycles. The Hall–Kier alpha value is -2.08. The standard InChI is InChI=1S/C16H23NO5/c18-11-7-2-1-6-10-14(15(19)20)17-16(21)22-12-13-8-4-3-5-9-13/h3-5,8-9,14,18H,1-2,6-7,10-12H2,(H,17,21)(H,19,20). The summed E-state index contributed by atoms with van der Waals surface area (Å²) in [6.45, 7) is 0.252. The van der Waals surface area contributed by atoms with Crippen molar-refractivity contribution >= 4 is 12.1 Å². The molecule has 1 rings (SSSR count). The van der Waals surface area contributed by atoms with Gasteiger partial charge in [-0.15, -0.1) is 0 Å². The van der Waals surface area contributed by atoms with Crippen molar-refractivity contribution in [3.63, 3.8) is 0 Å². The summed E-state index contributed by atoms with van der Waals surface area (Å²) in [7, 11) is 0. The molecule has 0 radical (unpaired) electrons. The second kappa shape index (κ2) is 10.6. The van der Waals surface area contributed by atoms with E-state index in [0.717, 1.165) is 18.4 Å². The molecule has 6 heteroatoms. The maximum atomic E-state index is 11.6. The number of amides is 1. The smallest absolute Gasteiger partial charge is 0.408 e. The Kier molecular flexibility index (Phi) is 8.67. The topological polar surface area (TPSA) is 95.9 Å². The van der Waals surface area contributed by atoms with Crippen LogP contribution in [0.15, 0.2) is 30.3 Å². The molecule has 0 aliphatic carbocycles. The largest absolute Gasteiger partial charge is 0.480 e. The van der Waals surface area contributed by atoms with Gasteiger partial charge < -0.3 is 20.3 Å². The fourth-order valence-corrected chi connectivity index (χ4v) is 1.98. The fraction of sp³-hybridized carbons (Fsp3) is 0.500. The van der Waals surface area contributed by atoms with Crippen LogP contribution in [-0.4, -0.2) is 34.9 Å². The lowest BCUT2D eigenvalue weighted by atomic mass is 10.1. The lowest BCUT2D eigenvalue weighted by Gasteiger charge is -2.14. The van der Waals surface area contributed by atoms with Crippen molar-refractivity contribution in [2.45, 2.75) is 44.8 Å². The third-order valence-electron chi connectivity index (χ3n) is 3.20. The normalized spacial score (nSPS) is 11.7. The van der Waals surface area contributed by atoms with Crippen LogP contribution in [0, 0.1) is 0 Å². The van der Waals surface area contributed by atoms with Gasteiger partial charge in [-0.05, 0) is 18.4 Å². The number of hydrogen-bond acceptors (Lipinski definition) is 4. The van der Waals surface area contributed by atoms with Crippen molar-refractivity contribution in [1.29, 1.82) is 0 Å². The predicted molar refractivity (Wildman–Crippen MR) is 81.4 cm³/mol. The van der Waals surface area contributed by atoms with Gasteiger partial charge in [0.1, 0.15) is 12.6 Å². The zero-order chi connectivity index (χ0) is 16.2. The number of alkyl carbamates (subject to hydrolysis) is 1. The van der Waals surface area contributed by atoms with Crippen molar-refractivity contribution in [2.24, 2.45) is 0 Å². The maximum Gasteiger partial charge on any atom is 0.408 e. The third-order valence-corrected chi connectivity index (χ3v) is 3.20. The number of unbranched alkanes of at least 4 members (excludes halogenated alkanes) is 3. The number of carboxylic acids is 1. The molecule has 6 nitrogen and oxygen atoms in total. The van der Waals surface area contributed by atoms with Gasteiger partial charge in [0.05, 0.1) is 0 Å². The minimum Gasteiger partial charge on any atom is -0.480 e. The number of hydrogen-bond donors (Lipinski definition) is 3. The van der Waals surface area contributed by atoms with Gasteiger partial charge >= 0.3 is 12.1 Å². The van der Waals surface area contributed by atoms with E-state index in [4.69, 9.17) is 14.9 Å². The summed E-state index contributed by atoms with van der Waals surface area (Å²) in [6.07, 6.45) is 2.68. The van der Waals surface area contributed by atoms with Crippen molar-refractivity contribution in [3.05, 3.63) is 35.9 Å². The van der Waals surface area contributed by atoms with Crippen LogP contribution in [0.4, 0.5) is 4.79 Å². The molecule has 1 aromatic carbocycles. The van der Waals surface area contributed by atoms with Crippen LogP contribution in [0.1, 0.15) is 37.7 Å². The first-order valence-corrected chi connectivity index (χ1v) is 7.44.